The van der Waals surface area contributed by atoms with Crippen molar-refractivity contribution < 1.29 is 29.4 Å². The first kappa shape index (κ1) is 23.1. The third-order valence-corrected chi connectivity index (χ3v) is 5.54. The Bertz CT molecular complexity index is 593. The number of aliphatic carboxylic acids is 1. The highest BCUT2D eigenvalue weighted by atomic mass is 16.4. The Labute approximate surface area is 170 Å². The summed E-state index contributed by atoms with van der Waals surface area (Å²) < 4.78 is 0. The van der Waals surface area contributed by atoms with Crippen LogP contribution in [-0.2, 0) is 19.2 Å². The van der Waals surface area contributed by atoms with E-state index in [0.717, 1.165) is 32.4 Å². The van der Waals surface area contributed by atoms with Gasteiger partial charge in [-0.1, -0.05) is 0 Å². The fourth-order valence-corrected chi connectivity index (χ4v) is 3.92. The molecule has 2 saturated heterocycles. The maximum Gasteiger partial charge on any atom is 0.307 e. The van der Waals surface area contributed by atoms with Gasteiger partial charge >= 0.3 is 5.97 Å². The van der Waals surface area contributed by atoms with Crippen LogP contribution < -0.4 is 16.0 Å². The van der Waals surface area contributed by atoms with Crippen LogP contribution in [0.2, 0.25) is 0 Å². The summed E-state index contributed by atoms with van der Waals surface area (Å²) in [6.45, 7) is 2.11. The van der Waals surface area contributed by atoms with Crippen LogP contribution in [0.5, 0.6) is 0 Å². The minimum absolute atomic E-state index is 0.0525. The second kappa shape index (κ2) is 11.7. The zero-order valence-corrected chi connectivity index (χ0v) is 16.7. The number of nitrogens with one attached hydrogen (secondary N) is 3. The molecule has 0 saturated carbocycles. The van der Waals surface area contributed by atoms with E-state index in [0.29, 0.717) is 38.3 Å². The first-order valence-electron chi connectivity index (χ1n) is 10.3. The summed E-state index contributed by atoms with van der Waals surface area (Å²) in [5.74, 6) is -2.19. The lowest BCUT2D eigenvalue weighted by Gasteiger charge is -2.33. The maximum absolute atomic E-state index is 12.6. The molecule has 10 nitrogen and oxygen atoms in total. The lowest BCUT2D eigenvalue weighted by molar-refractivity contribution is -0.138. The number of carboxylic acids is 1. The number of aliphatic hydroxyl groups is 1. The molecule has 2 heterocycles. The Morgan fingerprint density at radius 3 is 2.48 bits per heavy atom. The van der Waals surface area contributed by atoms with Crippen molar-refractivity contribution in [3.63, 3.8) is 0 Å². The van der Waals surface area contributed by atoms with Gasteiger partial charge in [-0.2, -0.15) is 0 Å². The van der Waals surface area contributed by atoms with Crippen molar-refractivity contribution in [2.24, 2.45) is 11.8 Å². The van der Waals surface area contributed by atoms with Gasteiger partial charge in [-0.3, -0.25) is 19.2 Å². The highest BCUT2D eigenvalue weighted by Crippen LogP contribution is 2.21. The number of carbonyl (C=O) groups excluding carboxylic acids is 3. The second-order valence-corrected chi connectivity index (χ2v) is 7.80. The van der Waals surface area contributed by atoms with E-state index in [1.807, 2.05) is 0 Å². The van der Waals surface area contributed by atoms with E-state index in [1.54, 1.807) is 4.90 Å². The van der Waals surface area contributed by atoms with Crippen molar-refractivity contribution in [3.8, 4) is 0 Å². The normalized spacial score (nSPS) is 21.3. The Kier molecular flexibility index (Phi) is 9.33. The zero-order valence-electron chi connectivity index (χ0n) is 16.7. The lowest BCUT2D eigenvalue weighted by atomic mass is 9.92. The molecule has 10 heteroatoms. The van der Waals surface area contributed by atoms with E-state index < -0.39 is 42.9 Å². The van der Waals surface area contributed by atoms with E-state index in [-0.39, 0.29) is 5.91 Å². The van der Waals surface area contributed by atoms with Gasteiger partial charge in [-0.25, -0.2) is 0 Å². The van der Waals surface area contributed by atoms with Crippen LogP contribution in [0.4, 0.5) is 0 Å². The van der Waals surface area contributed by atoms with Crippen molar-refractivity contribution in [3.05, 3.63) is 0 Å². The molecular formula is C19H32N4O6. The Balaban J connectivity index is 1.83. The van der Waals surface area contributed by atoms with E-state index in [1.165, 1.54) is 0 Å². The van der Waals surface area contributed by atoms with Crippen LogP contribution in [0.25, 0.3) is 0 Å². The van der Waals surface area contributed by atoms with Gasteiger partial charge in [0, 0.05) is 19.5 Å². The molecule has 0 aromatic carbocycles. The molecule has 0 aliphatic carbocycles. The van der Waals surface area contributed by atoms with Gasteiger partial charge in [0.05, 0.1) is 12.3 Å². The molecule has 29 heavy (non-hydrogen) atoms. The molecule has 0 bridgehead atoms. The van der Waals surface area contributed by atoms with Crippen LogP contribution in [0, 0.1) is 11.8 Å². The zero-order chi connectivity index (χ0) is 21.2. The third-order valence-electron chi connectivity index (χ3n) is 5.54. The number of carbonyl (C=O) groups is 4. The number of carboxylic acid groups (broad SMARTS) is 1. The molecule has 2 aliphatic rings. The lowest BCUT2D eigenvalue weighted by Crippen LogP contribution is -2.53. The number of amides is 3. The number of nitrogens with zero attached hydrogens (tertiary/aromatic N) is 1. The second-order valence-electron chi connectivity index (χ2n) is 7.80. The molecular weight excluding hydrogens is 380 g/mol. The molecule has 0 unspecified atom stereocenters. The Morgan fingerprint density at radius 1 is 1.10 bits per heavy atom. The molecule has 2 fully saturated rings. The average Bonchev–Trinajstić information content (AvgIpc) is 2.72. The van der Waals surface area contributed by atoms with Gasteiger partial charge < -0.3 is 31.1 Å². The molecule has 3 amide bonds. The SMILES string of the molecule is O=C(O)C[C@@H](NC(=O)CO)NC(=O)[C@@H]1CCCN(C(=O)CCC2CCNCC2)C1. The molecule has 0 aromatic rings. The number of rotatable bonds is 9. The largest absolute Gasteiger partial charge is 0.481 e. The predicted octanol–water partition coefficient (Wildman–Crippen LogP) is -0.970. The van der Waals surface area contributed by atoms with E-state index in [2.05, 4.69) is 16.0 Å². The van der Waals surface area contributed by atoms with E-state index in [9.17, 15) is 19.2 Å². The van der Waals surface area contributed by atoms with Crippen molar-refractivity contribution in [1.29, 1.82) is 0 Å². The number of hydrogen-bond donors (Lipinski definition) is 5. The number of likely N-dealkylation sites (tertiary alicyclic amines) is 1. The quantitative estimate of drug-likeness (QED) is 0.306. The highest BCUT2D eigenvalue weighted by molar-refractivity contribution is 5.83. The van der Waals surface area contributed by atoms with Gasteiger partial charge in [0.25, 0.3) is 0 Å². The van der Waals surface area contributed by atoms with Crippen LogP contribution in [-0.4, -0.2) is 77.8 Å². The molecule has 0 spiro atoms. The molecule has 0 radical (unpaired) electrons. The summed E-state index contributed by atoms with van der Waals surface area (Å²) in [6.07, 6.45) is 3.20. The monoisotopic (exact) mass is 412 g/mol. The topological polar surface area (TPSA) is 148 Å². The Morgan fingerprint density at radius 2 is 1.83 bits per heavy atom. The molecule has 164 valence electrons. The fourth-order valence-electron chi connectivity index (χ4n) is 3.92. The van der Waals surface area contributed by atoms with E-state index in [4.69, 9.17) is 10.2 Å². The van der Waals surface area contributed by atoms with Gasteiger partial charge in [-0.05, 0) is 51.1 Å². The molecule has 2 rings (SSSR count). The average molecular weight is 412 g/mol. The first-order chi connectivity index (χ1) is 13.9. The summed E-state index contributed by atoms with van der Waals surface area (Å²) in [4.78, 5) is 49.2. The predicted molar refractivity (Wildman–Crippen MR) is 104 cm³/mol. The van der Waals surface area contributed by atoms with Crippen LogP contribution in [0.1, 0.15) is 44.9 Å². The summed E-state index contributed by atoms with van der Waals surface area (Å²) in [6, 6.07) is 0. The number of aliphatic hydroxyl groups excluding tert-OH is 1. The van der Waals surface area contributed by atoms with Crippen molar-refractivity contribution >= 4 is 23.7 Å². The standard InChI is InChI=1S/C19H32N4O6/c24-12-16(25)21-15(10-18(27)28)22-19(29)14-2-1-9-23(11-14)17(26)4-3-13-5-7-20-8-6-13/h13-15,20,24H,1-12H2,(H,21,25)(H,22,29)(H,27,28)/t14-,15+/m1/s1. The van der Waals surface area contributed by atoms with Crippen molar-refractivity contribution in [2.75, 3.05) is 32.8 Å². The van der Waals surface area contributed by atoms with Crippen LogP contribution in [0.3, 0.4) is 0 Å². The van der Waals surface area contributed by atoms with Crippen molar-refractivity contribution in [1.82, 2.24) is 20.9 Å². The summed E-state index contributed by atoms with van der Waals surface area (Å²) in [7, 11) is 0. The molecule has 5 N–H and O–H groups in total. The maximum atomic E-state index is 12.6. The fraction of sp³-hybridized carbons (Fsp3) is 0.789. The minimum atomic E-state index is -1.19. The van der Waals surface area contributed by atoms with Gasteiger partial charge in [0.15, 0.2) is 0 Å². The Hall–Kier alpha value is -2.20. The van der Waals surface area contributed by atoms with Crippen LogP contribution >= 0.6 is 0 Å². The van der Waals surface area contributed by atoms with Crippen LogP contribution in [0.15, 0.2) is 0 Å². The van der Waals surface area contributed by atoms with Crippen molar-refractivity contribution in [2.45, 2.75) is 51.1 Å². The van der Waals surface area contributed by atoms with Gasteiger partial charge in [0.2, 0.25) is 17.7 Å². The van der Waals surface area contributed by atoms with E-state index >= 15 is 0 Å². The van der Waals surface area contributed by atoms with Gasteiger partial charge in [0.1, 0.15) is 12.8 Å². The van der Waals surface area contributed by atoms with Gasteiger partial charge in [-0.15, -0.1) is 0 Å². The third kappa shape index (κ3) is 7.98. The molecule has 2 atom stereocenters. The number of hydrogen-bond acceptors (Lipinski definition) is 6. The summed E-state index contributed by atoms with van der Waals surface area (Å²) in [5, 5.41) is 25.9. The summed E-state index contributed by atoms with van der Waals surface area (Å²) >= 11 is 0. The molecule has 0 aromatic heterocycles. The summed E-state index contributed by atoms with van der Waals surface area (Å²) in [5.41, 5.74) is 0. The first-order valence-corrected chi connectivity index (χ1v) is 10.3. The highest BCUT2D eigenvalue weighted by Gasteiger charge is 2.30. The molecule has 2 aliphatic heterocycles. The smallest absolute Gasteiger partial charge is 0.307 e. The minimum Gasteiger partial charge on any atom is -0.481 e. The number of piperidine rings is 2.